The average Bonchev–Trinajstić information content (AvgIpc) is 2.68. The molecule has 1 aromatic carbocycles. The minimum absolute atomic E-state index is 0.0902. The van der Waals surface area contributed by atoms with Crippen molar-refractivity contribution in [3.8, 4) is 11.5 Å². The van der Waals surface area contributed by atoms with Gasteiger partial charge in [-0.25, -0.2) is 0 Å². The van der Waals surface area contributed by atoms with Gasteiger partial charge in [0.25, 0.3) is 0 Å². The molecule has 2 aromatic rings. The molecule has 1 atom stereocenters. The van der Waals surface area contributed by atoms with Gasteiger partial charge < -0.3 is 4.42 Å². The Morgan fingerprint density at radius 2 is 1.93 bits per heavy atom. The van der Waals surface area contributed by atoms with E-state index >= 15 is 0 Å². The Bertz CT molecular complexity index is 411. The summed E-state index contributed by atoms with van der Waals surface area (Å²) in [5, 5.41) is 7.89. The van der Waals surface area contributed by atoms with Crippen molar-refractivity contribution in [3.63, 3.8) is 0 Å². The highest BCUT2D eigenvalue weighted by molar-refractivity contribution is 9.09. The zero-order valence-electron chi connectivity index (χ0n) is 7.64. The van der Waals surface area contributed by atoms with Gasteiger partial charge in [0.2, 0.25) is 11.8 Å². The summed E-state index contributed by atoms with van der Waals surface area (Å²) in [5.41, 5.74) is 0.944. The lowest BCUT2D eigenvalue weighted by Gasteiger charge is -1.93. The SMILES string of the molecule is CC(Br)c1nnc(-c2ccccc2)o1. The van der Waals surface area contributed by atoms with Crippen LogP contribution in [0.5, 0.6) is 0 Å². The van der Waals surface area contributed by atoms with Crippen LogP contribution >= 0.6 is 15.9 Å². The highest BCUT2D eigenvalue weighted by Gasteiger charge is 2.11. The van der Waals surface area contributed by atoms with E-state index in [0.29, 0.717) is 11.8 Å². The highest BCUT2D eigenvalue weighted by Crippen LogP contribution is 2.24. The maximum absolute atomic E-state index is 5.46. The largest absolute Gasteiger partial charge is 0.419 e. The molecule has 1 unspecified atom stereocenters. The lowest BCUT2D eigenvalue weighted by molar-refractivity contribution is 0.511. The predicted octanol–water partition coefficient (Wildman–Crippen LogP) is 3.19. The van der Waals surface area contributed by atoms with Crippen LogP contribution in [0.15, 0.2) is 34.7 Å². The summed E-state index contributed by atoms with van der Waals surface area (Å²) in [6.07, 6.45) is 0. The maximum atomic E-state index is 5.46. The standard InChI is InChI=1S/C10H9BrN2O/c1-7(11)9-12-13-10(14-9)8-5-3-2-4-6-8/h2-7H,1H3. The fraction of sp³-hybridized carbons (Fsp3) is 0.200. The number of halogens is 1. The Hall–Kier alpha value is -1.16. The van der Waals surface area contributed by atoms with Gasteiger partial charge >= 0.3 is 0 Å². The van der Waals surface area contributed by atoms with Crippen LogP contribution < -0.4 is 0 Å². The molecule has 3 nitrogen and oxygen atoms in total. The zero-order valence-corrected chi connectivity index (χ0v) is 9.23. The molecule has 0 aliphatic heterocycles. The molecule has 0 fully saturated rings. The fourth-order valence-corrected chi connectivity index (χ4v) is 1.28. The van der Waals surface area contributed by atoms with Crippen LogP contribution in [0.25, 0.3) is 11.5 Å². The van der Waals surface area contributed by atoms with Crippen molar-refractivity contribution in [3.05, 3.63) is 36.2 Å². The molecule has 0 aliphatic carbocycles. The van der Waals surface area contributed by atoms with E-state index in [0.717, 1.165) is 5.56 Å². The first-order chi connectivity index (χ1) is 6.77. The van der Waals surface area contributed by atoms with Gasteiger partial charge in [-0.2, -0.15) is 0 Å². The van der Waals surface area contributed by atoms with Gasteiger partial charge in [0.1, 0.15) is 0 Å². The van der Waals surface area contributed by atoms with Crippen LogP contribution in [0.1, 0.15) is 17.6 Å². The first kappa shape index (κ1) is 9.40. The smallest absolute Gasteiger partial charge is 0.247 e. The van der Waals surface area contributed by atoms with Gasteiger partial charge in [-0.3, -0.25) is 0 Å². The van der Waals surface area contributed by atoms with Gasteiger partial charge in [0, 0.05) is 5.56 Å². The van der Waals surface area contributed by atoms with Crippen LogP contribution in [-0.4, -0.2) is 10.2 Å². The third kappa shape index (κ3) is 1.85. The summed E-state index contributed by atoms with van der Waals surface area (Å²) in [4.78, 5) is 0.0902. The zero-order chi connectivity index (χ0) is 9.97. The Balaban J connectivity index is 2.34. The predicted molar refractivity (Wildman–Crippen MR) is 57.1 cm³/mol. The van der Waals surface area contributed by atoms with Crippen LogP contribution in [-0.2, 0) is 0 Å². The quantitative estimate of drug-likeness (QED) is 0.771. The van der Waals surface area contributed by atoms with Crippen molar-refractivity contribution >= 4 is 15.9 Å². The van der Waals surface area contributed by atoms with Crippen LogP contribution in [0, 0.1) is 0 Å². The minimum Gasteiger partial charge on any atom is -0.419 e. The second kappa shape index (κ2) is 3.92. The van der Waals surface area contributed by atoms with E-state index in [1.165, 1.54) is 0 Å². The van der Waals surface area contributed by atoms with E-state index in [4.69, 9.17) is 4.42 Å². The van der Waals surface area contributed by atoms with Gasteiger partial charge in [-0.05, 0) is 19.1 Å². The number of hydrogen-bond acceptors (Lipinski definition) is 3. The molecule has 4 heteroatoms. The van der Waals surface area contributed by atoms with Crippen molar-refractivity contribution in [1.29, 1.82) is 0 Å². The van der Waals surface area contributed by atoms with E-state index in [1.807, 2.05) is 37.3 Å². The Labute approximate surface area is 90.3 Å². The molecular formula is C10H9BrN2O. The number of benzene rings is 1. The van der Waals surface area contributed by atoms with Crippen LogP contribution in [0.3, 0.4) is 0 Å². The number of hydrogen-bond donors (Lipinski definition) is 0. The Morgan fingerprint density at radius 1 is 1.21 bits per heavy atom. The summed E-state index contributed by atoms with van der Waals surface area (Å²) in [7, 11) is 0. The fourth-order valence-electron chi connectivity index (χ4n) is 1.09. The monoisotopic (exact) mass is 252 g/mol. The molecule has 1 aromatic heterocycles. The molecule has 14 heavy (non-hydrogen) atoms. The van der Waals surface area contributed by atoms with Gasteiger partial charge in [-0.15, -0.1) is 10.2 Å². The first-order valence-electron chi connectivity index (χ1n) is 4.30. The third-order valence-corrected chi connectivity index (χ3v) is 2.19. The molecule has 1 heterocycles. The lowest BCUT2D eigenvalue weighted by atomic mass is 10.2. The minimum atomic E-state index is 0.0902. The van der Waals surface area contributed by atoms with E-state index in [1.54, 1.807) is 0 Å². The van der Waals surface area contributed by atoms with Gasteiger partial charge in [-0.1, -0.05) is 34.1 Å². The average molecular weight is 253 g/mol. The molecule has 0 aliphatic rings. The number of rotatable bonds is 2. The van der Waals surface area contributed by atoms with Crippen molar-refractivity contribution in [2.24, 2.45) is 0 Å². The van der Waals surface area contributed by atoms with E-state index in [9.17, 15) is 0 Å². The van der Waals surface area contributed by atoms with E-state index in [2.05, 4.69) is 26.1 Å². The molecule has 0 N–H and O–H groups in total. The van der Waals surface area contributed by atoms with Crippen molar-refractivity contribution in [2.45, 2.75) is 11.8 Å². The highest BCUT2D eigenvalue weighted by atomic mass is 79.9. The van der Waals surface area contributed by atoms with Gasteiger partial charge in [0.05, 0.1) is 4.83 Å². The van der Waals surface area contributed by atoms with Crippen LogP contribution in [0.4, 0.5) is 0 Å². The molecule has 0 radical (unpaired) electrons. The maximum Gasteiger partial charge on any atom is 0.247 e. The molecule has 0 spiro atoms. The summed E-state index contributed by atoms with van der Waals surface area (Å²) < 4.78 is 5.46. The van der Waals surface area contributed by atoms with Crippen LogP contribution in [0.2, 0.25) is 0 Å². The van der Waals surface area contributed by atoms with E-state index in [-0.39, 0.29) is 4.83 Å². The first-order valence-corrected chi connectivity index (χ1v) is 5.22. The van der Waals surface area contributed by atoms with Crippen molar-refractivity contribution < 1.29 is 4.42 Å². The second-order valence-corrected chi connectivity index (χ2v) is 4.30. The van der Waals surface area contributed by atoms with Gasteiger partial charge in [0.15, 0.2) is 0 Å². The Kier molecular flexibility index (Phi) is 2.63. The molecule has 72 valence electrons. The van der Waals surface area contributed by atoms with E-state index < -0.39 is 0 Å². The van der Waals surface area contributed by atoms with Crippen molar-refractivity contribution in [2.75, 3.05) is 0 Å². The third-order valence-electron chi connectivity index (χ3n) is 1.80. The number of alkyl halides is 1. The molecule has 0 amide bonds. The summed E-state index contributed by atoms with van der Waals surface area (Å²) >= 11 is 3.37. The molecular weight excluding hydrogens is 244 g/mol. The molecule has 0 bridgehead atoms. The lowest BCUT2D eigenvalue weighted by Crippen LogP contribution is -1.81. The topological polar surface area (TPSA) is 38.9 Å². The Morgan fingerprint density at radius 3 is 2.50 bits per heavy atom. The number of nitrogens with zero attached hydrogens (tertiary/aromatic N) is 2. The molecule has 0 saturated heterocycles. The summed E-state index contributed by atoms with van der Waals surface area (Å²) in [6, 6.07) is 9.72. The molecule has 0 saturated carbocycles. The summed E-state index contributed by atoms with van der Waals surface area (Å²) in [6.45, 7) is 1.95. The second-order valence-electron chi connectivity index (χ2n) is 2.93. The number of aromatic nitrogens is 2. The summed E-state index contributed by atoms with van der Waals surface area (Å²) in [5.74, 6) is 1.16. The molecule has 2 rings (SSSR count). The normalized spacial score (nSPS) is 12.7. The van der Waals surface area contributed by atoms with Crippen molar-refractivity contribution in [1.82, 2.24) is 10.2 Å².